The Balaban J connectivity index is 5.65. The number of carboxylic acids is 1. The number of nitrogens with two attached hydrogens (primary N) is 5. The minimum atomic E-state index is -1.38. The molecule has 0 spiro atoms. The van der Waals surface area contributed by atoms with E-state index >= 15 is 0 Å². The first kappa shape index (κ1) is 34.5. The average Bonchev–Trinajstić information content (AvgIpc) is 2.81. The second-order valence-electron chi connectivity index (χ2n) is 9.50. The minimum Gasteiger partial charge on any atom is -0.480 e. The fraction of sp³-hybridized carbons (Fsp3) is 0.739. The first-order valence-electron chi connectivity index (χ1n) is 12.7. The van der Waals surface area contributed by atoms with Crippen molar-refractivity contribution in [1.29, 1.82) is 0 Å². The third kappa shape index (κ3) is 15.6. The van der Waals surface area contributed by atoms with Gasteiger partial charge in [-0.25, -0.2) is 4.79 Å². The van der Waals surface area contributed by atoms with Crippen molar-refractivity contribution in [2.75, 3.05) is 13.1 Å². The molecule has 0 aromatic rings. The van der Waals surface area contributed by atoms with Gasteiger partial charge in [-0.15, -0.1) is 0 Å². The molecule has 0 saturated carbocycles. The van der Waals surface area contributed by atoms with Gasteiger partial charge in [-0.3, -0.25) is 24.2 Å². The number of amides is 4. The van der Waals surface area contributed by atoms with E-state index in [-0.39, 0.29) is 44.1 Å². The molecule has 0 heterocycles. The van der Waals surface area contributed by atoms with Crippen molar-refractivity contribution in [1.82, 2.24) is 16.0 Å². The predicted molar refractivity (Wildman–Crippen MR) is 142 cm³/mol. The van der Waals surface area contributed by atoms with E-state index in [0.29, 0.717) is 32.2 Å². The number of carbonyl (C=O) groups is 5. The predicted octanol–water partition coefficient (Wildman–Crippen LogP) is -2.65. The summed E-state index contributed by atoms with van der Waals surface area (Å²) in [4.78, 5) is 65.3. The van der Waals surface area contributed by atoms with Crippen LogP contribution in [0.15, 0.2) is 4.99 Å². The highest BCUT2D eigenvalue weighted by Crippen LogP contribution is 2.08. The van der Waals surface area contributed by atoms with Gasteiger partial charge in [0.05, 0.1) is 6.04 Å². The van der Waals surface area contributed by atoms with Crippen LogP contribution in [0.3, 0.4) is 0 Å². The monoisotopic (exact) mass is 543 g/mol. The van der Waals surface area contributed by atoms with Crippen molar-refractivity contribution in [3.8, 4) is 0 Å². The van der Waals surface area contributed by atoms with Gasteiger partial charge in [0.1, 0.15) is 18.1 Å². The SMILES string of the molecule is CC(C)CC(N)C(=O)NC(CCCN=C(N)N)C(=O)NC(CCCCN)C(=O)NC(CCC(N)=O)C(=O)O. The van der Waals surface area contributed by atoms with E-state index < -0.39 is 53.8 Å². The Morgan fingerprint density at radius 3 is 1.79 bits per heavy atom. The zero-order valence-electron chi connectivity index (χ0n) is 22.3. The molecule has 15 nitrogen and oxygen atoms in total. The highest BCUT2D eigenvalue weighted by molar-refractivity contribution is 5.94. The van der Waals surface area contributed by atoms with Crippen LogP contribution in [0.4, 0.5) is 0 Å². The summed E-state index contributed by atoms with van der Waals surface area (Å²) >= 11 is 0. The molecule has 4 unspecified atom stereocenters. The van der Waals surface area contributed by atoms with Gasteiger partial charge in [-0.05, 0) is 57.4 Å². The number of primary amides is 1. The molecule has 0 rings (SSSR count). The van der Waals surface area contributed by atoms with E-state index in [1.807, 2.05) is 13.8 Å². The molecule has 14 N–H and O–H groups in total. The third-order valence-electron chi connectivity index (χ3n) is 5.51. The maximum atomic E-state index is 13.2. The summed E-state index contributed by atoms with van der Waals surface area (Å²) in [6.07, 6.45) is 1.63. The summed E-state index contributed by atoms with van der Waals surface area (Å²) in [5, 5.41) is 17.0. The number of carbonyl (C=O) groups excluding carboxylic acids is 4. The first-order valence-corrected chi connectivity index (χ1v) is 12.7. The lowest BCUT2D eigenvalue weighted by Gasteiger charge is -2.25. The Kier molecular flexibility index (Phi) is 17.0. The highest BCUT2D eigenvalue weighted by atomic mass is 16.4. The minimum absolute atomic E-state index is 0.116. The normalized spacial score (nSPS) is 14.0. The molecule has 0 bridgehead atoms. The molecule has 38 heavy (non-hydrogen) atoms. The van der Waals surface area contributed by atoms with E-state index in [4.69, 9.17) is 28.7 Å². The van der Waals surface area contributed by atoms with Crippen LogP contribution in [0.25, 0.3) is 0 Å². The van der Waals surface area contributed by atoms with Gasteiger partial charge in [0.25, 0.3) is 0 Å². The molecule has 0 aliphatic carbocycles. The zero-order chi connectivity index (χ0) is 29.3. The fourth-order valence-electron chi connectivity index (χ4n) is 3.52. The molecule has 4 amide bonds. The lowest BCUT2D eigenvalue weighted by molar-refractivity contribution is -0.142. The standard InChI is InChI=1S/C23H45N9O6/c1-13(2)12-14(25)19(34)30-16(7-5-11-29-23(27)28)20(35)31-15(6-3-4-10-24)21(36)32-17(22(37)38)8-9-18(26)33/h13-17H,3-12,24-25H2,1-2H3,(H2,26,33)(H,30,34)(H,31,35)(H,32,36)(H,37,38)(H4,27,28,29). The van der Waals surface area contributed by atoms with Crippen LogP contribution < -0.4 is 44.6 Å². The van der Waals surface area contributed by atoms with Crippen molar-refractivity contribution in [3.63, 3.8) is 0 Å². The third-order valence-corrected chi connectivity index (χ3v) is 5.51. The molecule has 4 atom stereocenters. The van der Waals surface area contributed by atoms with Crippen LogP contribution in [0.1, 0.15) is 65.2 Å². The van der Waals surface area contributed by atoms with Crippen molar-refractivity contribution in [3.05, 3.63) is 0 Å². The smallest absolute Gasteiger partial charge is 0.326 e. The summed E-state index contributed by atoms with van der Waals surface area (Å²) in [7, 11) is 0. The number of aliphatic carboxylic acids is 1. The summed E-state index contributed by atoms with van der Waals surface area (Å²) in [5.41, 5.74) is 27.3. The van der Waals surface area contributed by atoms with Crippen LogP contribution in [0.5, 0.6) is 0 Å². The molecule has 0 aliphatic rings. The van der Waals surface area contributed by atoms with E-state index in [1.165, 1.54) is 0 Å². The number of hydrogen-bond donors (Lipinski definition) is 9. The van der Waals surface area contributed by atoms with Crippen LogP contribution >= 0.6 is 0 Å². The van der Waals surface area contributed by atoms with Gasteiger partial charge in [0.15, 0.2) is 5.96 Å². The Bertz CT molecular complexity index is 817. The lowest BCUT2D eigenvalue weighted by atomic mass is 10.0. The number of rotatable bonds is 20. The number of guanidine groups is 1. The Labute approximate surface area is 223 Å². The number of nitrogens with zero attached hydrogens (tertiary/aromatic N) is 1. The van der Waals surface area contributed by atoms with Crippen molar-refractivity contribution in [2.24, 2.45) is 39.6 Å². The molecule has 0 radical (unpaired) electrons. The Morgan fingerprint density at radius 1 is 0.789 bits per heavy atom. The van der Waals surface area contributed by atoms with E-state index in [2.05, 4.69) is 20.9 Å². The zero-order valence-corrected chi connectivity index (χ0v) is 22.3. The molecule has 15 heteroatoms. The van der Waals surface area contributed by atoms with Gasteiger partial charge in [0, 0.05) is 13.0 Å². The quantitative estimate of drug-likeness (QED) is 0.0436. The molecule has 218 valence electrons. The number of unbranched alkanes of at least 4 members (excludes halogenated alkanes) is 1. The van der Waals surface area contributed by atoms with Gasteiger partial charge in [-0.2, -0.15) is 0 Å². The Morgan fingerprint density at radius 2 is 1.32 bits per heavy atom. The molecule has 0 fully saturated rings. The van der Waals surface area contributed by atoms with Crippen LogP contribution in [0.2, 0.25) is 0 Å². The maximum absolute atomic E-state index is 13.2. The average molecular weight is 544 g/mol. The molecule has 0 saturated heterocycles. The summed E-state index contributed by atoms with van der Waals surface area (Å²) in [6, 6.07) is -4.39. The summed E-state index contributed by atoms with van der Waals surface area (Å²) in [6.45, 7) is 4.38. The van der Waals surface area contributed by atoms with Crippen LogP contribution in [-0.4, -0.2) is 77.9 Å². The van der Waals surface area contributed by atoms with Crippen LogP contribution in [-0.2, 0) is 24.0 Å². The Hall–Kier alpha value is -3.46. The number of nitrogens with one attached hydrogen (secondary N) is 3. The topological polar surface area (TPSA) is 284 Å². The molecule has 0 aliphatic heterocycles. The van der Waals surface area contributed by atoms with Gasteiger partial charge < -0.3 is 49.7 Å². The van der Waals surface area contributed by atoms with Crippen molar-refractivity contribution >= 4 is 35.6 Å². The van der Waals surface area contributed by atoms with Crippen molar-refractivity contribution in [2.45, 2.75) is 89.4 Å². The number of carboxylic acid groups (broad SMARTS) is 1. The fourth-order valence-corrected chi connectivity index (χ4v) is 3.52. The van der Waals surface area contributed by atoms with E-state index in [0.717, 1.165) is 0 Å². The van der Waals surface area contributed by atoms with Gasteiger partial charge in [-0.1, -0.05) is 13.8 Å². The summed E-state index contributed by atoms with van der Waals surface area (Å²) in [5.74, 6) is -3.97. The van der Waals surface area contributed by atoms with Crippen LogP contribution in [0, 0.1) is 5.92 Å². The number of aliphatic imine (C=N–C) groups is 1. The number of hydrogen-bond acceptors (Lipinski definition) is 8. The lowest BCUT2D eigenvalue weighted by Crippen LogP contribution is -2.57. The molecular weight excluding hydrogens is 498 g/mol. The molecule has 0 aromatic carbocycles. The molecule has 0 aromatic heterocycles. The second-order valence-corrected chi connectivity index (χ2v) is 9.50. The van der Waals surface area contributed by atoms with Crippen molar-refractivity contribution < 1.29 is 29.1 Å². The van der Waals surface area contributed by atoms with Gasteiger partial charge in [0.2, 0.25) is 23.6 Å². The maximum Gasteiger partial charge on any atom is 0.326 e. The second kappa shape index (κ2) is 18.7. The highest BCUT2D eigenvalue weighted by Gasteiger charge is 2.30. The summed E-state index contributed by atoms with van der Waals surface area (Å²) < 4.78 is 0. The first-order chi connectivity index (χ1) is 17.8. The largest absolute Gasteiger partial charge is 0.480 e. The van der Waals surface area contributed by atoms with Gasteiger partial charge >= 0.3 is 5.97 Å². The molecular formula is C23H45N9O6. The van der Waals surface area contributed by atoms with E-state index in [9.17, 15) is 29.1 Å². The van der Waals surface area contributed by atoms with E-state index in [1.54, 1.807) is 0 Å².